The molecule has 0 fully saturated rings. The minimum absolute atomic E-state index is 0.203. The zero-order valence-electron chi connectivity index (χ0n) is 8.05. The first-order chi connectivity index (χ1) is 4.84. The Labute approximate surface area is 68.5 Å². The van der Waals surface area contributed by atoms with Crippen molar-refractivity contribution in [2.45, 2.75) is 19.9 Å². The number of esters is 1. The average Bonchev–Trinajstić information content (AvgIpc) is 1.80. The third-order valence-electron chi connectivity index (χ3n) is 1.85. The number of likely N-dealkylation sites (N-methyl/N-ethyl adjacent to an activating group) is 1. The zero-order chi connectivity index (χ0) is 9.07. The molecule has 0 N–H and O–H groups in total. The van der Waals surface area contributed by atoms with Gasteiger partial charge in [0, 0.05) is 6.92 Å². The van der Waals surface area contributed by atoms with E-state index < -0.39 is 0 Å². The van der Waals surface area contributed by atoms with E-state index in [1.54, 1.807) is 0 Å². The molecule has 0 saturated carbocycles. The molecule has 0 aromatic rings. The molecule has 0 aliphatic heterocycles. The molecule has 0 bridgehead atoms. The third-order valence-corrected chi connectivity index (χ3v) is 1.85. The van der Waals surface area contributed by atoms with Crippen LogP contribution in [0.1, 0.15) is 13.8 Å². The normalized spacial score (nSPS) is 14.3. The lowest BCUT2D eigenvalue weighted by atomic mass is 10.3. The van der Waals surface area contributed by atoms with E-state index in [2.05, 4.69) is 28.1 Å². The summed E-state index contributed by atoms with van der Waals surface area (Å²) in [5, 5.41) is 0. The average molecular weight is 160 g/mol. The van der Waals surface area contributed by atoms with Gasteiger partial charge in [-0.1, -0.05) is 0 Å². The molecule has 0 saturated heterocycles. The standard InChI is InChI=1S/C8H18NO2/c1-7(9(3,4)5)6-11-8(2)10/h7H,6H2,1-5H3/q+1. The van der Waals surface area contributed by atoms with E-state index in [1.165, 1.54) is 6.92 Å². The second-order valence-corrected chi connectivity index (χ2v) is 3.77. The van der Waals surface area contributed by atoms with Gasteiger partial charge in [-0.05, 0) is 6.92 Å². The van der Waals surface area contributed by atoms with Crippen molar-refractivity contribution in [3.05, 3.63) is 0 Å². The molecule has 1 unspecified atom stereocenters. The van der Waals surface area contributed by atoms with E-state index in [0.29, 0.717) is 12.6 Å². The maximum absolute atomic E-state index is 10.4. The lowest BCUT2D eigenvalue weighted by Gasteiger charge is -2.30. The number of ether oxygens (including phenoxy) is 1. The fourth-order valence-corrected chi connectivity index (χ4v) is 0.462. The van der Waals surface area contributed by atoms with Crippen LogP contribution in [0.4, 0.5) is 0 Å². The van der Waals surface area contributed by atoms with E-state index in [9.17, 15) is 4.79 Å². The number of hydrogen-bond donors (Lipinski definition) is 0. The molecule has 0 spiro atoms. The van der Waals surface area contributed by atoms with Crippen molar-refractivity contribution in [1.29, 1.82) is 0 Å². The van der Waals surface area contributed by atoms with Gasteiger partial charge in [0.25, 0.3) is 0 Å². The van der Waals surface area contributed by atoms with Crippen LogP contribution in [0.25, 0.3) is 0 Å². The second-order valence-electron chi connectivity index (χ2n) is 3.77. The quantitative estimate of drug-likeness (QED) is 0.447. The SMILES string of the molecule is CC(=O)OCC(C)[N+](C)(C)C. The molecule has 0 heterocycles. The summed E-state index contributed by atoms with van der Waals surface area (Å²) in [6, 6.07) is 0.346. The van der Waals surface area contributed by atoms with Crippen LogP contribution >= 0.6 is 0 Å². The summed E-state index contributed by atoms with van der Waals surface area (Å²) < 4.78 is 5.69. The summed E-state index contributed by atoms with van der Waals surface area (Å²) in [7, 11) is 6.23. The Balaban J connectivity index is 3.70. The molecule has 0 aromatic carbocycles. The van der Waals surface area contributed by atoms with Crippen LogP contribution in [-0.2, 0) is 9.53 Å². The van der Waals surface area contributed by atoms with Crippen molar-refractivity contribution < 1.29 is 14.0 Å². The first-order valence-corrected chi connectivity index (χ1v) is 3.78. The molecule has 11 heavy (non-hydrogen) atoms. The van der Waals surface area contributed by atoms with Crippen LogP contribution < -0.4 is 0 Å². The molecule has 3 nitrogen and oxygen atoms in total. The van der Waals surface area contributed by atoms with Gasteiger partial charge in [0.05, 0.1) is 21.1 Å². The topological polar surface area (TPSA) is 26.3 Å². The first kappa shape index (κ1) is 10.4. The second kappa shape index (κ2) is 3.72. The van der Waals surface area contributed by atoms with Crippen molar-refractivity contribution in [3.8, 4) is 0 Å². The Kier molecular flexibility index (Phi) is 3.52. The van der Waals surface area contributed by atoms with E-state index in [-0.39, 0.29) is 5.97 Å². The Morgan fingerprint density at radius 1 is 1.45 bits per heavy atom. The van der Waals surface area contributed by atoms with Gasteiger partial charge in [-0.25, -0.2) is 0 Å². The van der Waals surface area contributed by atoms with E-state index in [4.69, 9.17) is 4.74 Å². The lowest BCUT2D eigenvalue weighted by molar-refractivity contribution is -0.894. The smallest absolute Gasteiger partial charge is 0.302 e. The highest BCUT2D eigenvalue weighted by atomic mass is 16.5. The molecule has 0 aromatic heterocycles. The summed E-state index contributed by atoms with van der Waals surface area (Å²) in [5.41, 5.74) is 0. The van der Waals surface area contributed by atoms with E-state index >= 15 is 0 Å². The molecule has 0 radical (unpaired) electrons. The zero-order valence-corrected chi connectivity index (χ0v) is 8.05. The number of nitrogens with zero attached hydrogens (tertiary/aromatic N) is 1. The number of quaternary nitrogens is 1. The Hall–Kier alpha value is -0.570. The van der Waals surface area contributed by atoms with Crippen molar-refractivity contribution in [2.75, 3.05) is 27.7 Å². The Morgan fingerprint density at radius 3 is 2.18 bits per heavy atom. The van der Waals surface area contributed by atoms with Gasteiger partial charge in [-0.2, -0.15) is 0 Å². The van der Waals surface area contributed by atoms with E-state index in [1.807, 2.05) is 0 Å². The largest absolute Gasteiger partial charge is 0.460 e. The molecule has 3 heteroatoms. The molecular weight excluding hydrogens is 142 g/mol. The predicted molar refractivity (Wildman–Crippen MR) is 44.1 cm³/mol. The summed E-state index contributed by atoms with van der Waals surface area (Å²) >= 11 is 0. The van der Waals surface area contributed by atoms with Crippen LogP contribution in [0.15, 0.2) is 0 Å². The van der Waals surface area contributed by atoms with Crippen molar-refractivity contribution in [1.82, 2.24) is 0 Å². The van der Waals surface area contributed by atoms with Crippen molar-refractivity contribution in [2.24, 2.45) is 0 Å². The third kappa shape index (κ3) is 4.79. The first-order valence-electron chi connectivity index (χ1n) is 3.78. The molecule has 0 aliphatic carbocycles. The summed E-state index contributed by atoms with van der Waals surface area (Å²) in [6.45, 7) is 3.99. The molecule has 66 valence electrons. The molecular formula is C8H18NO2+. The molecule has 0 rings (SSSR count). The maximum atomic E-state index is 10.4. The van der Waals surface area contributed by atoms with Crippen LogP contribution in [-0.4, -0.2) is 44.2 Å². The van der Waals surface area contributed by atoms with Crippen LogP contribution in [0.3, 0.4) is 0 Å². The van der Waals surface area contributed by atoms with Crippen LogP contribution in [0.2, 0.25) is 0 Å². The fourth-order valence-electron chi connectivity index (χ4n) is 0.462. The monoisotopic (exact) mass is 160 g/mol. The number of hydrogen-bond acceptors (Lipinski definition) is 2. The minimum Gasteiger partial charge on any atom is -0.460 e. The van der Waals surface area contributed by atoms with Gasteiger partial charge >= 0.3 is 5.97 Å². The predicted octanol–water partition coefficient (Wildman–Crippen LogP) is 0.644. The van der Waals surface area contributed by atoms with Gasteiger partial charge in [0.2, 0.25) is 0 Å². The fraction of sp³-hybridized carbons (Fsp3) is 0.875. The van der Waals surface area contributed by atoms with Gasteiger partial charge in [-0.3, -0.25) is 4.79 Å². The lowest BCUT2D eigenvalue weighted by Crippen LogP contribution is -2.46. The minimum atomic E-state index is -0.203. The molecule has 1 atom stereocenters. The highest BCUT2D eigenvalue weighted by molar-refractivity contribution is 5.65. The van der Waals surface area contributed by atoms with Crippen molar-refractivity contribution in [3.63, 3.8) is 0 Å². The van der Waals surface area contributed by atoms with Crippen LogP contribution in [0.5, 0.6) is 0 Å². The summed E-state index contributed by atoms with van der Waals surface area (Å²) in [4.78, 5) is 10.4. The highest BCUT2D eigenvalue weighted by Crippen LogP contribution is 2.01. The van der Waals surface area contributed by atoms with Gasteiger partial charge in [0.1, 0.15) is 12.6 Å². The van der Waals surface area contributed by atoms with Gasteiger partial charge in [-0.15, -0.1) is 0 Å². The maximum Gasteiger partial charge on any atom is 0.302 e. The highest BCUT2D eigenvalue weighted by Gasteiger charge is 2.18. The summed E-state index contributed by atoms with van der Waals surface area (Å²) in [5.74, 6) is -0.203. The van der Waals surface area contributed by atoms with Crippen molar-refractivity contribution >= 4 is 5.97 Å². The summed E-state index contributed by atoms with van der Waals surface area (Å²) in [6.07, 6.45) is 0. The molecule has 0 aliphatic rings. The Morgan fingerprint density at radius 2 is 1.91 bits per heavy atom. The van der Waals surface area contributed by atoms with Gasteiger partial charge in [0.15, 0.2) is 0 Å². The van der Waals surface area contributed by atoms with Gasteiger partial charge < -0.3 is 9.22 Å². The molecule has 0 amide bonds. The number of carbonyl (C=O) groups is 1. The van der Waals surface area contributed by atoms with E-state index in [0.717, 1.165) is 4.48 Å². The number of rotatable bonds is 3. The van der Waals surface area contributed by atoms with Crippen LogP contribution in [0, 0.1) is 0 Å². The Bertz CT molecular complexity index is 138. The number of carbonyl (C=O) groups excluding carboxylic acids is 1.